The fourth-order valence-electron chi connectivity index (χ4n) is 1.34. The summed E-state index contributed by atoms with van der Waals surface area (Å²) < 4.78 is 4.25. The highest BCUT2D eigenvalue weighted by molar-refractivity contribution is 6.07. The number of carbonyl (C=O) groups is 2. The minimum atomic E-state index is -0.688. The van der Waals surface area contributed by atoms with E-state index in [1.165, 1.54) is 0 Å². The second kappa shape index (κ2) is 6.61. The molecule has 0 aliphatic carbocycles. The van der Waals surface area contributed by atoms with Gasteiger partial charge >= 0.3 is 0 Å². The number of Topliss-reactive ketones (excluding diaryl/α,β-unsaturated/α-hetero) is 2. The summed E-state index contributed by atoms with van der Waals surface area (Å²) in [6, 6.07) is 0.854. The van der Waals surface area contributed by atoms with Crippen LogP contribution in [0.1, 0.15) is 34.6 Å². The molecule has 0 atom stereocenters. The fourth-order valence-corrected chi connectivity index (χ4v) is 1.34. The van der Waals surface area contributed by atoms with Gasteiger partial charge in [-0.2, -0.15) is 0 Å². The molecule has 6 nitrogen and oxygen atoms in total. The first-order valence-corrected chi connectivity index (χ1v) is 4.97. The lowest BCUT2D eigenvalue weighted by Gasteiger charge is -2.09. The molecule has 0 saturated carbocycles. The van der Waals surface area contributed by atoms with Crippen molar-refractivity contribution in [1.82, 2.24) is 0 Å². The minimum Gasteiger partial charge on any atom is -0.507 e. The largest absolute Gasteiger partial charge is 0.507 e. The van der Waals surface area contributed by atoms with Gasteiger partial charge < -0.3 is 20.1 Å². The normalized spacial score (nSPS) is 9.33. The summed E-state index contributed by atoms with van der Waals surface area (Å²) >= 11 is 0. The van der Waals surface area contributed by atoms with Crippen molar-refractivity contribution in [3.63, 3.8) is 0 Å². The predicted octanol–water partition coefficient (Wildman–Crippen LogP) is 1.47. The molecule has 0 aliphatic rings. The number of ketones is 2. The summed E-state index contributed by atoms with van der Waals surface area (Å²) in [5.74, 6) is -2.97. The molecular formula is C12H16O6. The van der Waals surface area contributed by atoms with Gasteiger partial charge in [0, 0.05) is 20.3 Å². The van der Waals surface area contributed by atoms with Gasteiger partial charge in [-0.3, -0.25) is 9.59 Å². The molecule has 0 radical (unpaired) electrons. The number of phenolic OH excluding ortho intramolecular Hbond substituents is 3. The number of hydrogen-bond acceptors (Lipinski definition) is 6. The molecule has 100 valence electrons. The van der Waals surface area contributed by atoms with Crippen molar-refractivity contribution >= 4 is 11.6 Å². The molecule has 6 heteroatoms. The molecule has 0 saturated heterocycles. The van der Waals surface area contributed by atoms with E-state index in [0.717, 1.165) is 19.9 Å². The van der Waals surface area contributed by atoms with Crippen LogP contribution >= 0.6 is 0 Å². The number of methoxy groups -OCH3 is 1. The Morgan fingerprint density at radius 3 is 1.44 bits per heavy atom. The van der Waals surface area contributed by atoms with Crippen LogP contribution < -0.4 is 0 Å². The summed E-state index contributed by atoms with van der Waals surface area (Å²) in [6.45, 7) is 2.27. The number of benzene rings is 1. The van der Waals surface area contributed by atoms with Gasteiger partial charge in [0.2, 0.25) is 0 Å². The van der Waals surface area contributed by atoms with E-state index in [4.69, 9.17) is 0 Å². The summed E-state index contributed by atoms with van der Waals surface area (Å²) in [5, 5.41) is 28.1. The van der Waals surface area contributed by atoms with Crippen molar-refractivity contribution in [3.8, 4) is 17.2 Å². The summed E-state index contributed by atoms with van der Waals surface area (Å²) in [6.07, 6.45) is 0. The van der Waals surface area contributed by atoms with E-state index >= 15 is 0 Å². The van der Waals surface area contributed by atoms with Gasteiger partial charge in [-0.25, -0.2) is 0 Å². The summed E-state index contributed by atoms with van der Waals surface area (Å²) in [4.78, 5) is 22.1. The molecule has 0 unspecified atom stereocenters. The molecular weight excluding hydrogens is 240 g/mol. The van der Waals surface area contributed by atoms with Crippen molar-refractivity contribution in [1.29, 1.82) is 0 Å². The Morgan fingerprint density at radius 2 is 1.22 bits per heavy atom. The van der Waals surface area contributed by atoms with E-state index in [9.17, 15) is 24.9 Å². The van der Waals surface area contributed by atoms with Gasteiger partial charge in [0.1, 0.15) is 28.4 Å². The molecule has 0 amide bonds. The van der Waals surface area contributed by atoms with Crippen LogP contribution in [-0.4, -0.2) is 41.1 Å². The fraction of sp³-hybridized carbons (Fsp3) is 0.333. The van der Waals surface area contributed by atoms with Crippen LogP contribution in [0.15, 0.2) is 6.07 Å². The van der Waals surface area contributed by atoms with Crippen molar-refractivity contribution in [3.05, 3.63) is 17.2 Å². The van der Waals surface area contributed by atoms with Crippen LogP contribution in [0.4, 0.5) is 0 Å². The standard InChI is InChI=1S/C10H10O5.C2H6O/c1-4(11)8-6(13)3-7(14)9(5(2)12)10(8)15;1-3-2/h3,13-15H,1-2H3;1-2H3. The van der Waals surface area contributed by atoms with Gasteiger partial charge in [-0.15, -0.1) is 0 Å². The quantitative estimate of drug-likeness (QED) is 0.692. The molecule has 0 aliphatic heterocycles. The Labute approximate surface area is 104 Å². The highest BCUT2D eigenvalue weighted by Gasteiger charge is 2.22. The Morgan fingerprint density at radius 1 is 0.944 bits per heavy atom. The molecule has 0 spiro atoms. The second-order valence-electron chi connectivity index (χ2n) is 3.53. The Balaban J connectivity index is 0.000000873. The smallest absolute Gasteiger partial charge is 0.167 e. The predicted molar refractivity (Wildman–Crippen MR) is 64.4 cm³/mol. The van der Waals surface area contributed by atoms with E-state index in [2.05, 4.69) is 4.74 Å². The van der Waals surface area contributed by atoms with Crippen molar-refractivity contribution in [2.24, 2.45) is 0 Å². The summed E-state index contributed by atoms with van der Waals surface area (Å²) in [5.41, 5.74) is -0.726. The highest BCUT2D eigenvalue weighted by Crippen LogP contribution is 2.37. The number of ether oxygens (including phenoxy) is 1. The molecule has 1 aromatic carbocycles. The molecule has 0 fully saturated rings. The maximum Gasteiger partial charge on any atom is 0.167 e. The van der Waals surface area contributed by atoms with Gasteiger partial charge in [0.15, 0.2) is 11.6 Å². The van der Waals surface area contributed by atoms with E-state index in [-0.39, 0.29) is 11.1 Å². The first-order chi connectivity index (χ1) is 8.27. The van der Waals surface area contributed by atoms with Crippen LogP contribution in [0.3, 0.4) is 0 Å². The van der Waals surface area contributed by atoms with Crippen LogP contribution in [0.25, 0.3) is 0 Å². The molecule has 1 rings (SSSR count). The molecule has 0 bridgehead atoms. The number of rotatable bonds is 2. The average molecular weight is 256 g/mol. The first kappa shape index (κ1) is 15.9. The maximum atomic E-state index is 11.1. The zero-order valence-electron chi connectivity index (χ0n) is 10.6. The lowest BCUT2D eigenvalue weighted by Crippen LogP contribution is -2.01. The number of aromatic hydroxyl groups is 3. The van der Waals surface area contributed by atoms with E-state index in [0.29, 0.717) is 0 Å². The van der Waals surface area contributed by atoms with Gasteiger partial charge in [-0.05, 0) is 13.8 Å². The monoisotopic (exact) mass is 256 g/mol. The summed E-state index contributed by atoms with van der Waals surface area (Å²) in [7, 11) is 3.25. The van der Waals surface area contributed by atoms with Crippen molar-refractivity contribution in [2.75, 3.05) is 14.2 Å². The lowest BCUT2D eigenvalue weighted by molar-refractivity contribution is 0.101. The van der Waals surface area contributed by atoms with E-state index < -0.39 is 28.8 Å². The zero-order valence-corrected chi connectivity index (χ0v) is 10.6. The van der Waals surface area contributed by atoms with Crippen LogP contribution in [0, 0.1) is 0 Å². The minimum absolute atomic E-state index is 0.363. The molecule has 0 aromatic heterocycles. The van der Waals surface area contributed by atoms with Crippen LogP contribution in [0.2, 0.25) is 0 Å². The van der Waals surface area contributed by atoms with Crippen molar-refractivity contribution < 1.29 is 29.6 Å². The Kier molecular flexibility index (Phi) is 5.84. The second-order valence-corrected chi connectivity index (χ2v) is 3.53. The average Bonchev–Trinajstić information content (AvgIpc) is 2.15. The van der Waals surface area contributed by atoms with Gasteiger partial charge in [0.25, 0.3) is 0 Å². The molecule has 3 N–H and O–H groups in total. The van der Waals surface area contributed by atoms with E-state index in [1.807, 2.05) is 0 Å². The van der Waals surface area contributed by atoms with Gasteiger partial charge in [-0.1, -0.05) is 0 Å². The van der Waals surface area contributed by atoms with Crippen LogP contribution in [-0.2, 0) is 4.74 Å². The highest BCUT2D eigenvalue weighted by atomic mass is 16.4. The topological polar surface area (TPSA) is 104 Å². The van der Waals surface area contributed by atoms with Gasteiger partial charge in [0.05, 0.1) is 0 Å². The molecule has 0 heterocycles. The number of carbonyl (C=O) groups excluding carboxylic acids is 2. The third-order valence-corrected chi connectivity index (χ3v) is 1.96. The van der Waals surface area contributed by atoms with Crippen LogP contribution in [0.5, 0.6) is 17.2 Å². The number of hydrogen-bond donors (Lipinski definition) is 3. The zero-order chi connectivity index (χ0) is 14.5. The Bertz CT molecular complexity index is 426. The number of phenols is 3. The SMILES string of the molecule is CC(=O)c1c(O)cc(O)c(C(C)=O)c1O.COC. The van der Waals surface area contributed by atoms with Crippen molar-refractivity contribution in [2.45, 2.75) is 13.8 Å². The molecule has 18 heavy (non-hydrogen) atoms. The van der Waals surface area contributed by atoms with E-state index in [1.54, 1.807) is 14.2 Å². The Hall–Kier alpha value is -2.08. The molecule has 1 aromatic rings. The lowest BCUT2D eigenvalue weighted by atomic mass is 10.0. The third-order valence-electron chi connectivity index (χ3n) is 1.96. The third kappa shape index (κ3) is 3.46. The first-order valence-electron chi connectivity index (χ1n) is 4.97. The maximum absolute atomic E-state index is 11.1.